The first-order valence-electron chi connectivity index (χ1n) is 9.72. The third-order valence-electron chi connectivity index (χ3n) is 5.57. The molecular weight excluding hydrogens is 362 g/mol. The number of esters is 1. The van der Waals surface area contributed by atoms with E-state index in [0.717, 1.165) is 30.1 Å². The third-order valence-corrected chi connectivity index (χ3v) is 5.57. The summed E-state index contributed by atoms with van der Waals surface area (Å²) in [5, 5.41) is 9.82. The molecule has 0 saturated carbocycles. The van der Waals surface area contributed by atoms with Crippen LogP contribution in [0, 0.1) is 22.5 Å². The molecule has 0 amide bonds. The molecule has 1 aromatic rings. The Bertz CT molecular complexity index is 836. The Balaban J connectivity index is 2.04. The van der Waals surface area contributed by atoms with Crippen molar-refractivity contribution in [3.63, 3.8) is 0 Å². The fraction of sp³-hybridized carbons (Fsp3) is 0.522. The third kappa shape index (κ3) is 4.52. The molecule has 0 radical (unpaired) electrons. The molecule has 1 N–H and O–H groups in total. The molecule has 1 saturated heterocycles. The lowest BCUT2D eigenvalue weighted by Gasteiger charge is -2.43. The number of carbonyl (C=O) groups is 1. The fourth-order valence-corrected chi connectivity index (χ4v) is 4.73. The second-order valence-electron chi connectivity index (χ2n) is 9.40. The van der Waals surface area contributed by atoms with Crippen LogP contribution >= 0.6 is 0 Å². The zero-order valence-electron chi connectivity index (χ0n) is 16.9. The quantitative estimate of drug-likeness (QED) is 0.723. The van der Waals surface area contributed by atoms with Gasteiger partial charge in [0.25, 0.3) is 0 Å². The summed E-state index contributed by atoms with van der Waals surface area (Å²) in [6.45, 7) is 8.62. The molecule has 152 valence electrons. The van der Waals surface area contributed by atoms with E-state index in [9.17, 15) is 18.7 Å². The number of ether oxygens (including phenoxy) is 1. The summed E-state index contributed by atoms with van der Waals surface area (Å²) in [6.07, 6.45) is 4.59. The average molecular weight is 390 g/mol. The zero-order valence-corrected chi connectivity index (χ0v) is 16.9. The molecule has 2 aliphatic rings. The maximum Gasteiger partial charge on any atom is 0.309 e. The van der Waals surface area contributed by atoms with Crippen molar-refractivity contribution >= 4 is 11.5 Å². The van der Waals surface area contributed by atoms with Gasteiger partial charge in [-0.1, -0.05) is 39.8 Å². The second-order valence-corrected chi connectivity index (χ2v) is 9.40. The van der Waals surface area contributed by atoms with E-state index >= 15 is 0 Å². The summed E-state index contributed by atoms with van der Waals surface area (Å²) in [7, 11) is 0. The molecule has 0 spiro atoms. The van der Waals surface area contributed by atoms with Crippen molar-refractivity contribution in [2.45, 2.75) is 65.6 Å². The summed E-state index contributed by atoms with van der Waals surface area (Å²) in [4.78, 5) is 11.6. The highest BCUT2D eigenvalue weighted by atomic mass is 19.2. The molecule has 1 aliphatic carbocycles. The average Bonchev–Trinajstić information content (AvgIpc) is 2.53. The van der Waals surface area contributed by atoms with Gasteiger partial charge in [-0.2, -0.15) is 0 Å². The van der Waals surface area contributed by atoms with Gasteiger partial charge >= 0.3 is 5.97 Å². The van der Waals surface area contributed by atoms with Gasteiger partial charge in [-0.25, -0.2) is 8.78 Å². The van der Waals surface area contributed by atoms with Gasteiger partial charge in [-0.15, -0.1) is 0 Å². The van der Waals surface area contributed by atoms with Crippen molar-refractivity contribution < 1.29 is 23.4 Å². The van der Waals surface area contributed by atoms with Crippen molar-refractivity contribution in [2.75, 3.05) is 0 Å². The Kier molecular flexibility index (Phi) is 5.50. The van der Waals surface area contributed by atoms with E-state index in [1.165, 1.54) is 6.07 Å². The molecular formula is C23H28F2O3. The van der Waals surface area contributed by atoms with Crippen molar-refractivity contribution in [1.82, 2.24) is 0 Å². The lowest BCUT2D eigenvalue weighted by atomic mass is 9.61. The zero-order chi connectivity index (χ0) is 20.7. The predicted molar refractivity (Wildman–Crippen MR) is 104 cm³/mol. The standard InChI is InChI=1S/C23H28F2O3/c1-22(2)12-17(14-5-8-19(24)20(25)9-14)18(23(3,4)13-22)7-6-16-10-15(26)11-21(27)28-16/h5-9,15-16,26H,10-13H2,1-4H3. The number of halogens is 2. The number of rotatable bonds is 3. The SMILES string of the molecule is CC1(C)CC(c2ccc(F)c(F)c2)=C(C=CC2CC(O)CC(=O)O2)C(C)(C)C1. The molecule has 1 aliphatic heterocycles. The van der Waals surface area contributed by atoms with Crippen LogP contribution in [0.5, 0.6) is 0 Å². The van der Waals surface area contributed by atoms with Gasteiger partial charge in [0.05, 0.1) is 12.5 Å². The highest BCUT2D eigenvalue weighted by molar-refractivity contribution is 5.74. The van der Waals surface area contributed by atoms with Gasteiger partial charge in [0, 0.05) is 6.42 Å². The highest BCUT2D eigenvalue weighted by Gasteiger charge is 2.38. The van der Waals surface area contributed by atoms with E-state index in [4.69, 9.17) is 4.74 Å². The number of hydrogen-bond acceptors (Lipinski definition) is 3. The van der Waals surface area contributed by atoms with Crippen molar-refractivity contribution in [1.29, 1.82) is 0 Å². The molecule has 28 heavy (non-hydrogen) atoms. The number of carbonyl (C=O) groups excluding carboxylic acids is 1. The van der Waals surface area contributed by atoms with Crippen molar-refractivity contribution in [3.8, 4) is 0 Å². The van der Waals surface area contributed by atoms with E-state index in [-0.39, 0.29) is 17.3 Å². The number of aliphatic hydroxyl groups excluding tert-OH is 1. The summed E-state index contributed by atoms with van der Waals surface area (Å²) in [5.41, 5.74) is 2.47. The summed E-state index contributed by atoms with van der Waals surface area (Å²) >= 11 is 0. The monoisotopic (exact) mass is 390 g/mol. The summed E-state index contributed by atoms with van der Waals surface area (Å²) in [6, 6.07) is 4.02. The number of allylic oxidation sites excluding steroid dienone is 3. The summed E-state index contributed by atoms with van der Waals surface area (Å²) in [5.74, 6) is -2.13. The van der Waals surface area contributed by atoms with Crippen LogP contribution in [0.3, 0.4) is 0 Å². The van der Waals surface area contributed by atoms with Crippen LogP contribution in [0.2, 0.25) is 0 Å². The van der Waals surface area contributed by atoms with Gasteiger partial charge in [-0.05, 0) is 58.6 Å². The minimum atomic E-state index is -0.862. The van der Waals surface area contributed by atoms with Gasteiger partial charge in [-0.3, -0.25) is 4.79 Å². The van der Waals surface area contributed by atoms with Crippen LogP contribution < -0.4 is 0 Å². The molecule has 5 heteroatoms. The van der Waals surface area contributed by atoms with Crippen LogP contribution in [0.25, 0.3) is 5.57 Å². The van der Waals surface area contributed by atoms with Crippen LogP contribution in [0.1, 0.15) is 58.9 Å². The van der Waals surface area contributed by atoms with Crippen LogP contribution in [0.15, 0.2) is 35.9 Å². The predicted octanol–water partition coefficient (Wildman–Crippen LogP) is 5.19. The minimum Gasteiger partial charge on any atom is -0.458 e. The van der Waals surface area contributed by atoms with E-state index in [1.54, 1.807) is 12.1 Å². The second kappa shape index (κ2) is 7.43. The van der Waals surface area contributed by atoms with Gasteiger partial charge in [0.1, 0.15) is 6.10 Å². The smallest absolute Gasteiger partial charge is 0.309 e. The Labute approximate surface area is 165 Å². The van der Waals surface area contributed by atoms with Crippen molar-refractivity contribution in [3.05, 3.63) is 53.1 Å². The molecule has 0 aromatic heterocycles. The molecule has 2 unspecified atom stereocenters. The van der Waals surface area contributed by atoms with Gasteiger partial charge < -0.3 is 9.84 Å². The Morgan fingerprint density at radius 2 is 1.89 bits per heavy atom. The highest BCUT2D eigenvalue weighted by Crippen LogP contribution is 2.52. The molecule has 0 bridgehead atoms. The number of hydrogen-bond donors (Lipinski definition) is 1. The lowest BCUT2D eigenvalue weighted by molar-refractivity contribution is -0.156. The fourth-order valence-electron chi connectivity index (χ4n) is 4.73. The topological polar surface area (TPSA) is 46.5 Å². The minimum absolute atomic E-state index is 0.00847. The number of cyclic esters (lactones) is 1. The molecule has 1 fully saturated rings. The van der Waals surface area contributed by atoms with E-state index in [0.29, 0.717) is 12.0 Å². The van der Waals surface area contributed by atoms with Gasteiger partial charge in [0.15, 0.2) is 11.6 Å². The Hall–Kier alpha value is -2.01. The summed E-state index contributed by atoms with van der Waals surface area (Å²) < 4.78 is 32.7. The van der Waals surface area contributed by atoms with E-state index < -0.39 is 29.8 Å². The van der Waals surface area contributed by atoms with Crippen LogP contribution in [0.4, 0.5) is 8.78 Å². The first-order chi connectivity index (χ1) is 13.0. The maximum absolute atomic E-state index is 13.9. The number of aliphatic hydroxyl groups is 1. The van der Waals surface area contributed by atoms with E-state index in [2.05, 4.69) is 27.7 Å². The van der Waals surface area contributed by atoms with E-state index in [1.807, 2.05) is 6.08 Å². The Morgan fingerprint density at radius 3 is 2.54 bits per heavy atom. The van der Waals surface area contributed by atoms with Gasteiger partial charge in [0.2, 0.25) is 0 Å². The molecule has 1 heterocycles. The normalized spacial score (nSPS) is 27.2. The molecule has 2 atom stereocenters. The van der Waals surface area contributed by atoms with Crippen molar-refractivity contribution in [2.24, 2.45) is 10.8 Å². The number of benzene rings is 1. The van der Waals surface area contributed by atoms with Crippen LogP contribution in [-0.4, -0.2) is 23.3 Å². The van der Waals surface area contributed by atoms with Crippen LogP contribution in [-0.2, 0) is 9.53 Å². The largest absolute Gasteiger partial charge is 0.458 e. The first kappa shape index (κ1) is 20.7. The molecule has 1 aromatic carbocycles. The first-order valence-corrected chi connectivity index (χ1v) is 9.72. The lowest BCUT2D eigenvalue weighted by Crippen LogP contribution is -2.32. The molecule has 3 nitrogen and oxygen atoms in total. The maximum atomic E-state index is 13.9. The molecule has 3 rings (SSSR count). The Morgan fingerprint density at radius 1 is 1.18 bits per heavy atom.